The molecule has 10 heteroatoms. The Hall–Kier alpha value is -4.21. The summed E-state index contributed by atoms with van der Waals surface area (Å²) < 4.78 is 6.75. The lowest BCUT2D eigenvalue weighted by molar-refractivity contribution is -0.145. The maximum absolute atomic E-state index is 12.7. The number of nitrogens with one attached hydrogen (secondary N) is 1. The first-order valence-corrected chi connectivity index (χ1v) is 11.3. The number of ether oxygens (including phenoxy) is 1. The van der Waals surface area contributed by atoms with Crippen molar-refractivity contribution < 1.29 is 24.2 Å². The van der Waals surface area contributed by atoms with Crippen LogP contribution < -0.4 is 11.1 Å². The van der Waals surface area contributed by atoms with E-state index in [1.54, 1.807) is 6.20 Å². The van der Waals surface area contributed by atoms with Crippen molar-refractivity contribution in [3.05, 3.63) is 83.7 Å². The van der Waals surface area contributed by atoms with Crippen molar-refractivity contribution in [1.82, 2.24) is 20.3 Å². The van der Waals surface area contributed by atoms with Gasteiger partial charge in [-0.3, -0.25) is 4.79 Å². The minimum atomic E-state index is -1.07. The summed E-state index contributed by atoms with van der Waals surface area (Å²) in [7, 11) is 0. The van der Waals surface area contributed by atoms with Crippen molar-refractivity contribution in [3.63, 3.8) is 0 Å². The summed E-state index contributed by atoms with van der Waals surface area (Å²) in [6, 6.07) is 17.4. The van der Waals surface area contributed by atoms with Crippen molar-refractivity contribution in [2.75, 3.05) is 6.54 Å². The van der Waals surface area contributed by atoms with Crippen LogP contribution in [-0.4, -0.2) is 44.6 Å². The van der Waals surface area contributed by atoms with Gasteiger partial charge in [0.05, 0.1) is 12.1 Å². The lowest BCUT2D eigenvalue weighted by atomic mass is 9.93. The second-order valence-electron chi connectivity index (χ2n) is 8.15. The number of carboxylic acids is 1. The number of rotatable bonds is 13. The molecule has 2 amide bonds. The number of nitrogens with two attached hydrogens (primary N) is 1. The molecule has 1 aromatic heterocycles. The summed E-state index contributed by atoms with van der Waals surface area (Å²) in [4.78, 5) is 35.3. The molecular formula is C25H29N5O5. The third-order valence-corrected chi connectivity index (χ3v) is 5.48. The Labute approximate surface area is 203 Å². The van der Waals surface area contributed by atoms with Gasteiger partial charge in [0.2, 0.25) is 0 Å². The molecule has 1 heterocycles. The van der Waals surface area contributed by atoms with E-state index in [4.69, 9.17) is 10.5 Å². The van der Waals surface area contributed by atoms with Crippen LogP contribution in [0.3, 0.4) is 0 Å². The summed E-state index contributed by atoms with van der Waals surface area (Å²) in [5, 5.41) is 20.3. The Kier molecular flexibility index (Phi) is 9.35. The van der Waals surface area contributed by atoms with Gasteiger partial charge in [-0.1, -0.05) is 65.9 Å². The highest BCUT2D eigenvalue weighted by Gasteiger charge is 2.25. The molecule has 0 unspecified atom stereocenters. The molecule has 10 nitrogen and oxygen atoms in total. The molecule has 0 aliphatic rings. The fraction of sp³-hybridized carbons (Fsp3) is 0.320. The number of carboxylic acid groups (broad SMARTS) is 1. The highest BCUT2D eigenvalue weighted by molar-refractivity contribution is 5.72. The molecule has 4 N–H and O–H groups in total. The van der Waals surface area contributed by atoms with Gasteiger partial charge in [0.15, 0.2) is 6.04 Å². The van der Waals surface area contributed by atoms with Crippen molar-refractivity contribution in [2.24, 2.45) is 5.73 Å². The molecule has 3 rings (SSSR count). The lowest BCUT2D eigenvalue weighted by Crippen LogP contribution is -2.30. The molecule has 0 saturated heterocycles. The number of urea groups is 1. The molecule has 0 radical (unpaired) electrons. The fourth-order valence-corrected chi connectivity index (χ4v) is 3.68. The summed E-state index contributed by atoms with van der Waals surface area (Å²) >= 11 is 0. The second-order valence-corrected chi connectivity index (χ2v) is 8.15. The van der Waals surface area contributed by atoms with Crippen LogP contribution in [0.2, 0.25) is 0 Å². The van der Waals surface area contributed by atoms with E-state index in [0.717, 1.165) is 11.1 Å². The Balaban J connectivity index is 1.71. The minimum Gasteiger partial charge on any atom is -0.480 e. The van der Waals surface area contributed by atoms with Crippen molar-refractivity contribution in [3.8, 4) is 0 Å². The van der Waals surface area contributed by atoms with Gasteiger partial charge in [-0.05, 0) is 30.4 Å². The highest BCUT2D eigenvalue weighted by atomic mass is 16.5. The van der Waals surface area contributed by atoms with Crippen LogP contribution in [0.4, 0.5) is 4.79 Å². The van der Waals surface area contributed by atoms with E-state index in [2.05, 4.69) is 15.6 Å². The molecule has 0 fully saturated rings. The van der Waals surface area contributed by atoms with Crippen molar-refractivity contribution in [2.45, 2.75) is 44.2 Å². The molecule has 184 valence electrons. The molecule has 0 saturated carbocycles. The first kappa shape index (κ1) is 25.4. The first-order valence-electron chi connectivity index (χ1n) is 11.3. The van der Waals surface area contributed by atoms with Gasteiger partial charge in [-0.2, -0.15) is 0 Å². The Bertz CT molecular complexity index is 1100. The largest absolute Gasteiger partial charge is 0.480 e. The maximum Gasteiger partial charge on any atom is 0.328 e. The quantitative estimate of drug-likeness (QED) is 0.252. The average Bonchev–Trinajstić information content (AvgIpc) is 3.33. The van der Waals surface area contributed by atoms with Gasteiger partial charge < -0.3 is 20.9 Å². The van der Waals surface area contributed by atoms with Crippen LogP contribution >= 0.6 is 0 Å². The number of carbonyl (C=O) groups is 3. The lowest BCUT2D eigenvalue weighted by Gasteiger charge is -2.15. The van der Waals surface area contributed by atoms with E-state index in [9.17, 15) is 19.5 Å². The number of aliphatic carboxylic acids is 1. The van der Waals surface area contributed by atoms with E-state index in [-0.39, 0.29) is 37.9 Å². The Morgan fingerprint density at radius 3 is 2.31 bits per heavy atom. The highest BCUT2D eigenvalue weighted by Crippen LogP contribution is 2.25. The SMILES string of the molecule is NC(=O)NCCC[C@@H](C(=O)O)n1cc([C@@H](CC(=O)OCc2ccccc2)Cc2ccccc2)nn1. The van der Waals surface area contributed by atoms with Gasteiger partial charge in [0, 0.05) is 18.7 Å². The van der Waals surface area contributed by atoms with Crippen LogP contribution in [0, 0.1) is 0 Å². The number of primary amides is 1. The average molecular weight is 480 g/mol. The van der Waals surface area contributed by atoms with Gasteiger partial charge in [-0.25, -0.2) is 14.3 Å². The number of esters is 1. The minimum absolute atomic E-state index is 0.0701. The molecule has 2 atom stereocenters. The number of amides is 2. The molecule has 0 spiro atoms. The van der Waals surface area contributed by atoms with E-state index < -0.39 is 18.0 Å². The smallest absolute Gasteiger partial charge is 0.328 e. The number of nitrogens with zero attached hydrogens (tertiary/aromatic N) is 3. The van der Waals surface area contributed by atoms with Crippen LogP contribution in [0.1, 0.15) is 48.0 Å². The molecule has 0 bridgehead atoms. The fourth-order valence-electron chi connectivity index (χ4n) is 3.68. The third-order valence-electron chi connectivity index (χ3n) is 5.48. The molecule has 0 aliphatic carbocycles. The standard InChI is InChI=1S/C25H29N5O5/c26-25(34)27-13-7-12-22(24(32)33)30-16-21(28-29-30)20(14-18-8-3-1-4-9-18)15-23(31)35-17-19-10-5-2-6-11-19/h1-6,8-11,16,20,22H,7,12-15,17H2,(H,32,33)(H3,26,27,34)/t20-,22+/m1/s1. The summed E-state index contributed by atoms with van der Waals surface area (Å²) in [5.41, 5.74) is 7.45. The third kappa shape index (κ3) is 8.26. The zero-order chi connectivity index (χ0) is 25.0. The van der Waals surface area contributed by atoms with E-state index in [1.165, 1.54) is 4.68 Å². The van der Waals surface area contributed by atoms with Gasteiger partial charge >= 0.3 is 18.0 Å². The summed E-state index contributed by atoms with van der Waals surface area (Å²) in [6.45, 7) is 0.426. The van der Waals surface area contributed by atoms with Crippen LogP contribution in [-0.2, 0) is 27.4 Å². The number of hydrogen-bond donors (Lipinski definition) is 3. The molecule has 0 aliphatic heterocycles. The molecule has 35 heavy (non-hydrogen) atoms. The van der Waals surface area contributed by atoms with Gasteiger partial charge in [-0.15, -0.1) is 5.10 Å². The Morgan fingerprint density at radius 1 is 1.03 bits per heavy atom. The Morgan fingerprint density at radius 2 is 1.69 bits per heavy atom. The normalized spacial score (nSPS) is 12.5. The van der Waals surface area contributed by atoms with Gasteiger partial charge in [0.1, 0.15) is 6.61 Å². The van der Waals surface area contributed by atoms with Crippen LogP contribution in [0.5, 0.6) is 0 Å². The number of benzene rings is 2. The number of carbonyl (C=O) groups excluding carboxylic acids is 2. The van der Waals surface area contributed by atoms with E-state index in [1.807, 2.05) is 60.7 Å². The van der Waals surface area contributed by atoms with Crippen LogP contribution in [0.25, 0.3) is 0 Å². The monoisotopic (exact) mass is 479 g/mol. The number of aromatic nitrogens is 3. The molecular weight excluding hydrogens is 450 g/mol. The first-order chi connectivity index (χ1) is 16.9. The molecule has 2 aromatic carbocycles. The van der Waals surface area contributed by atoms with E-state index in [0.29, 0.717) is 18.5 Å². The van der Waals surface area contributed by atoms with Crippen molar-refractivity contribution >= 4 is 18.0 Å². The summed E-state index contributed by atoms with van der Waals surface area (Å²) in [6.07, 6.45) is 2.77. The maximum atomic E-state index is 12.7. The zero-order valence-electron chi connectivity index (χ0n) is 19.2. The van der Waals surface area contributed by atoms with Crippen LogP contribution in [0.15, 0.2) is 66.9 Å². The topological polar surface area (TPSA) is 149 Å². The zero-order valence-corrected chi connectivity index (χ0v) is 19.2. The van der Waals surface area contributed by atoms with Gasteiger partial charge in [0.25, 0.3) is 0 Å². The van der Waals surface area contributed by atoms with E-state index >= 15 is 0 Å². The summed E-state index contributed by atoms with van der Waals surface area (Å²) in [5.74, 6) is -1.79. The number of hydrogen-bond acceptors (Lipinski definition) is 6. The predicted octanol–water partition coefficient (Wildman–Crippen LogP) is 2.81. The molecule has 3 aromatic rings. The predicted molar refractivity (Wildman–Crippen MR) is 127 cm³/mol. The second kappa shape index (κ2) is 12.9. The van der Waals surface area contributed by atoms with Crippen molar-refractivity contribution in [1.29, 1.82) is 0 Å².